The highest BCUT2D eigenvalue weighted by atomic mass is 32.1. The van der Waals surface area contributed by atoms with Gasteiger partial charge in [-0.2, -0.15) is 0 Å². The number of rotatable bonds is 3. The summed E-state index contributed by atoms with van der Waals surface area (Å²) in [4.78, 5) is 3.79. The van der Waals surface area contributed by atoms with Crippen LogP contribution < -0.4 is 0 Å². The largest absolute Gasteiger partial charge is 0.228 e. The van der Waals surface area contributed by atoms with E-state index in [1.54, 1.807) is 0 Å². The van der Waals surface area contributed by atoms with Crippen molar-refractivity contribution in [3.63, 3.8) is 0 Å². The molecule has 10 heavy (non-hydrogen) atoms. The molecule has 0 amide bonds. The van der Waals surface area contributed by atoms with Crippen LogP contribution in [0, 0.1) is 0 Å². The molecule has 0 heterocycles. The molecule has 0 aromatic carbocycles. The highest BCUT2D eigenvalue weighted by molar-refractivity contribution is 7.78. The molecule has 0 atom stereocenters. The molecule has 0 unspecified atom stereocenters. The Labute approximate surface area is 67.2 Å². The predicted molar refractivity (Wildman–Crippen MR) is 48.5 cm³/mol. The monoisotopic (exact) mass is 153 g/mol. The number of hydrogen-bond acceptors (Lipinski definition) is 2. The fourth-order valence-corrected chi connectivity index (χ4v) is 0.535. The second-order valence-electron chi connectivity index (χ2n) is 1.95. The molecular formula is C8H11NS. The van der Waals surface area contributed by atoms with Gasteiger partial charge in [-0.05, 0) is 26.1 Å². The molecule has 0 radical (unpaired) electrons. The molecule has 0 rings (SSSR count). The van der Waals surface area contributed by atoms with Gasteiger partial charge in [-0.1, -0.05) is 23.8 Å². The molecular weight excluding hydrogens is 142 g/mol. The average Bonchev–Trinajstić information content (AvgIpc) is 1.97. The van der Waals surface area contributed by atoms with Crippen molar-refractivity contribution in [1.82, 2.24) is 0 Å². The van der Waals surface area contributed by atoms with Gasteiger partial charge in [-0.3, -0.25) is 0 Å². The molecule has 54 valence electrons. The quantitative estimate of drug-likeness (QED) is 0.345. The second-order valence-corrected chi connectivity index (χ2v) is 2.13. The smallest absolute Gasteiger partial charge is 0.0703 e. The lowest BCUT2D eigenvalue weighted by molar-refractivity contribution is 1.15. The highest BCUT2D eigenvalue weighted by Crippen LogP contribution is 1.92. The molecule has 0 aromatic heterocycles. The van der Waals surface area contributed by atoms with Gasteiger partial charge in [-0.25, -0.2) is 4.99 Å². The minimum atomic E-state index is 0.661. The van der Waals surface area contributed by atoms with E-state index in [9.17, 15) is 0 Å². The van der Waals surface area contributed by atoms with E-state index in [-0.39, 0.29) is 0 Å². The van der Waals surface area contributed by atoms with Gasteiger partial charge >= 0.3 is 0 Å². The van der Waals surface area contributed by atoms with E-state index in [0.29, 0.717) is 6.54 Å². The fourth-order valence-electron chi connectivity index (χ4n) is 0.470. The normalized spacial score (nSPS) is 11.6. The van der Waals surface area contributed by atoms with Crippen molar-refractivity contribution in [2.24, 2.45) is 4.99 Å². The van der Waals surface area contributed by atoms with Gasteiger partial charge in [0, 0.05) is 0 Å². The third-order valence-electron chi connectivity index (χ3n) is 0.966. The van der Waals surface area contributed by atoms with Crippen LogP contribution in [0.5, 0.6) is 0 Å². The van der Waals surface area contributed by atoms with E-state index in [2.05, 4.69) is 22.4 Å². The van der Waals surface area contributed by atoms with E-state index in [4.69, 9.17) is 0 Å². The Balaban J connectivity index is 3.81. The zero-order chi connectivity index (χ0) is 7.82. The van der Waals surface area contributed by atoms with Crippen molar-refractivity contribution in [1.29, 1.82) is 0 Å². The first-order chi connectivity index (χ1) is 4.81. The van der Waals surface area contributed by atoms with Crippen LogP contribution >= 0.6 is 12.2 Å². The van der Waals surface area contributed by atoms with Crippen LogP contribution in [0.3, 0.4) is 0 Å². The van der Waals surface area contributed by atoms with Crippen LogP contribution in [-0.4, -0.2) is 11.7 Å². The maximum absolute atomic E-state index is 4.42. The number of hydrogen-bond donors (Lipinski definition) is 0. The summed E-state index contributed by atoms with van der Waals surface area (Å²) in [6.07, 6.45) is 5.97. The minimum absolute atomic E-state index is 0.661. The molecule has 0 aliphatic heterocycles. The second kappa shape index (κ2) is 6.40. The molecule has 0 saturated heterocycles. The van der Waals surface area contributed by atoms with Gasteiger partial charge in [0.25, 0.3) is 0 Å². The zero-order valence-corrected chi connectivity index (χ0v) is 7.11. The van der Waals surface area contributed by atoms with Crippen LogP contribution in [0.2, 0.25) is 0 Å². The summed E-state index contributed by atoms with van der Waals surface area (Å²) in [7, 11) is 0. The molecule has 0 fully saturated rings. The van der Waals surface area contributed by atoms with Gasteiger partial charge in [0.15, 0.2) is 0 Å². The number of allylic oxidation sites excluding steroid dienone is 3. The Kier molecular flexibility index (Phi) is 5.94. The Bertz CT molecular complexity index is 185. The molecule has 0 aromatic rings. The van der Waals surface area contributed by atoms with Crippen molar-refractivity contribution in [2.75, 3.05) is 6.54 Å². The van der Waals surface area contributed by atoms with Gasteiger partial charge in [0.2, 0.25) is 0 Å². The van der Waals surface area contributed by atoms with Crippen molar-refractivity contribution in [2.45, 2.75) is 13.8 Å². The molecule has 2 heteroatoms. The minimum Gasteiger partial charge on any atom is -0.228 e. The first-order valence-electron chi connectivity index (χ1n) is 3.13. The van der Waals surface area contributed by atoms with E-state index < -0.39 is 0 Å². The number of nitrogens with zero attached hydrogens (tertiary/aromatic N) is 1. The van der Waals surface area contributed by atoms with Crippen LogP contribution in [0.25, 0.3) is 0 Å². The summed E-state index contributed by atoms with van der Waals surface area (Å²) >= 11 is 4.42. The SMILES string of the molecule is C/C=C\C=C(/C)CN=C=S. The van der Waals surface area contributed by atoms with Crippen LogP contribution in [0.1, 0.15) is 13.8 Å². The van der Waals surface area contributed by atoms with E-state index in [0.717, 1.165) is 0 Å². The van der Waals surface area contributed by atoms with Crippen LogP contribution in [0.15, 0.2) is 28.8 Å². The summed E-state index contributed by atoms with van der Waals surface area (Å²) in [5.74, 6) is 0. The van der Waals surface area contributed by atoms with Crippen LogP contribution in [-0.2, 0) is 0 Å². The van der Waals surface area contributed by atoms with Gasteiger partial charge < -0.3 is 0 Å². The van der Waals surface area contributed by atoms with Crippen molar-refractivity contribution in [3.8, 4) is 0 Å². The molecule has 0 aliphatic carbocycles. The lowest BCUT2D eigenvalue weighted by atomic mass is 10.3. The molecule has 0 saturated carbocycles. The number of aliphatic imine (C=N–C) groups is 1. The molecule has 0 aliphatic rings. The predicted octanol–water partition coefficient (Wildman–Crippen LogP) is 2.61. The first kappa shape index (κ1) is 9.28. The molecule has 0 N–H and O–H groups in total. The maximum atomic E-state index is 4.42. The van der Waals surface area contributed by atoms with E-state index >= 15 is 0 Å². The molecule has 0 bridgehead atoms. The zero-order valence-electron chi connectivity index (χ0n) is 6.29. The standard InChI is InChI=1S/C8H11NS/c1-3-4-5-8(2)6-9-7-10/h3-5H,6H2,1-2H3/b4-3-,8-5+. The van der Waals surface area contributed by atoms with Crippen molar-refractivity contribution >= 4 is 17.4 Å². The summed E-state index contributed by atoms with van der Waals surface area (Å²) < 4.78 is 0. The summed E-state index contributed by atoms with van der Waals surface area (Å²) in [6, 6.07) is 0. The maximum Gasteiger partial charge on any atom is 0.0703 e. The van der Waals surface area contributed by atoms with E-state index in [1.165, 1.54) is 5.57 Å². The first-order valence-corrected chi connectivity index (χ1v) is 3.54. The Morgan fingerprint density at radius 2 is 2.40 bits per heavy atom. The number of isothiocyanates is 1. The fraction of sp³-hybridized carbons (Fsp3) is 0.375. The third kappa shape index (κ3) is 5.42. The van der Waals surface area contributed by atoms with Crippen molar-refractivity contribution in [3.05, 3.63) is 23.8 Å². The third-order valence-corrected chi connectivity index (χ3v) is 1.10. The average molecular weight is 153 g/mol. The summed E-state index contributed by atoms with van der Waals surface area (Å²) in [5, 5.41) is 2.32. The lowest BCUT2D eigenvalue weighted by Crippen LogP contribution is -1.79. The number of thiocarbonyl (C=S) groups is 1. The summed E-state index contributed by atoms with van der Waals surface area (Å²) in [6.45, 7) is 4.65. The lowest BCUT2D eigenvalue weighted by Gasteiger charge is -1.88. The van der Waals surface area contributed by atoms with Gasteiger partial charge in [0.05, 0.1) is 11.7 Å². The van der Waals surface area contributed by atoms with Gasteiger partial charge in [-0.15, -0.1) is 0 Å². The van der Waals surface area contributed by atoms with Crippen molar-refractivity contribution < 1.29 is 0 Å². The Morgan fingerprint density at radius 1 is 1.70 bits per heavy atom. The Hall–Kier alpha value is -0.720. The Morgan fingerprint density at radius 3 is 2.90 bits per heavy atom. The summed E-state index contributed by atoms with van der Waals surface area (Å²) in [5.41, 5.74) is 1.19. The van der Waals surface area contributed by atoms with E-state index in [1.807, 2.05) is 32.1 Å². The van der Waals surface area contributed by atoms with Crippen LogP contribution in [0.4, 0.5) is 0 Å². The van der Waals surface area contributed by atoms with Gasteiger partial charge in [0.1, 0.15) is 0 Å². The molecule has 1 nitrogen and oxygen atoms in total. The highest BCUT2D eigenvalue weighted by Gasteiger charge is 1.80. The topological polar surface area (TPSA) is 12.4 Å². The molecule has 0 spiro atoms.